The fraction of sp³-hybridized carbons (Fsp3) is 0.333. The van der Waals surface area contributed by atoms with Gasteiger partial charge in [0.25, 0.3) is 0 Å². The summed E-state index contributed by atoms with van der Waals surface area (Å²) in [5.41, 5.74) is 6.71. The first-order valence-corrected chi connectivity index (χ1v) is 4.88. The van der Waals surface area contributed by atoms with Crippen LogP contribution in [0.1, 0.15) is 25.2 Å². The van der Waals surface area contributed by atoms with Crippen molar-refractivity contribution in [1.29, 1.82) is 0 Å². The van der Waals surface area contributed by atoms with Crippen LogP contribution in [-0.4, -0.2) is 0 Å². The van der Waals surface area contributed by atoms with Crippen molar-refractivity contribution < 1.29 is 8.81 Å². The normalized spacial score (nSPS) is 12.3. The van der Waals surface area contributed by atoms with Crippen molar-refractivity contribution in [3.63, 3.8) is 0 Å². The minimum Gasteiger partial charge on any atom is -0.459 e. The first-order valence-electron chi connectivity index (χ1n) is 4.88. The maximum Gasteiger partial charge on any atom is 0.137 e. The first kappa shape index (κ1) is 10.2. The summed E-state index contributed by atoms with van der Waals surface area (Å²) in [6, 6.07) is 4.81. The van der Waals surface area contributed by atoms with E-state index >= 15 is 0 Å². The minimum absolute atomic E-state index is 0.260. The van der Waals surface area contributed by atoms with Crippen LogP contribution in [0.3, 0.4) is 0 Å². The molecule has 0 atom stereocenters. The summed E-state index contributed by atoms with van der Waals surface area (Å²) in [6.07, 6.45) is 0. The number of hydrogen-bond acceptors (Lipinski definition) is 2. The lowest BCUT2D eigenvalue weighted by molar-refractivity contribution is 0.409. The fourth-order valence-corrected chi connectivity index (χ4v) is 1.87. The molecule has 0 aliphatic heterocycles. The molecule has 0 saturated heterocycles. The topological polar surface area (TPSA) is 39.2 Å². The van der Waals surface area contributed by atoms with E-state index in [2.05, 4.69) is 0 Å². The van der Waals surface area contributed by atoms with Crippen LogP contribution >= 0.6 is 0 Å². The zero-order valence-electron chi connectivity index (χ0n) is 9.10. The van der Waals surface area contributed by atoms with Gasteiger partial charge in [-0.25, -0.2) is 4.39 Å². The average Bonchev–Trinajstić information content (AvgIpc) is 2.44. The van der Waals surface area contributed by atoms with Gasteiger partial charge in [0.05, 0.1) is 10.9 Å². The summed E-state index contributed by atoms with van der Waals surface area (Å²) in [5.74, 6) is 0.381. The Morgan fingerprint density at radius 2 is 2.00 bits per heavy atom. The Morgan fingerprint density at radius 3 is 2.53 bits per heavy atom. The van der Waals surface area contributed by atoms with Gasteiger partial charge in [-0.2, -0.15) is 0 Å². The van der Waals surface area contributed by atoms with E-state index in [4.69, 9.17) is 10.2 Å². The van der Waals surface area contributed by atoms with Crippen molar-refractivity contribution >= 4 is 11.0 Å². The van der Waals surface area contributed by atoms with Crippen LogP contribution in [0.15, 0.2) is 22.6 Å². The third-order valence-electron chi connectivity index (χ3n) is 2.49. The lowest BCUT2D eigenvalue weighted by atomic mass is 9.99. The maximum absolute atomic E-state index is 13.5. The smallest absolute Gasteiger partial charge is 0.137 e. The second-order valence-electron chi connectivity index (χ2n) is 4.39. The highest BCUT2D eigenvalue weighted by atomic mass is 19.1. The fourth-order valence-electron chi connectivity index (χ4n) is 1.87. The Kier molecular flexibility index (Phi) is 2.08. The lowest BCUT2D eigenvalue weighted by Gasteiger charge is -2.15. The molecular formula is C12H14FNO. The van der Waals surface area contributed by atoms with Crippen molar-refractivity contribution in [1.82, 2.24) is 0 Å². The first-order chi connectivity index (χ1) is 6.91. The molecular weight excluding hydrogens is 193 g/mol. The number of halogens is 1. The molecule has 1 aromatic carbocycles. The van der Waals surface area contributed by atoms with Gasteiger partial charge in [-0.15, -0.1) is 0 Å². The molecule has 0 saturated carbocycles. The molecule has 1 aromatic heterocycles. The highest BCUT2D eigenvalue weighted by Crippen LogP contribution is 2.32. The van der Waals surface area contributed by atoms with Crippen molar-refractivity contribution in [2.24, 2.45) is 5.73 Å². The molecule has 0 aliphatic carbocycles. The molecule has 0 unspecified atom stereocenters. The number of nitrogens with two attached hydrogens (primary N) is 1. The molecule has 3 heteroatoms. The largest absolute Gasteiger partial charge is 0.459 e. The van der Waals surface area contributed by atoms with E-state index in [-0.39, 0.29) is 5.82 Å². The Balaban J connectivity index is 2.82. The standard InChI is InChI=1S/C12H14FNO/c1-7-10-8(13)5-4-6-9(10)15-11(7)12(2,3)14/h4-6H,14H2,1-3H3. The van der Waals surface area contributed by atoms with Crippen LogP contribution in [0, 0.1) is 12.7 Å². The van der Waals surface area contributed by atoms with Crippen LogP contribution in [0.25, 0.3) is 11.0 Å². The summed E-state index contributed by atoms with van der Waals surface area (Å²) in [7, 11) is 0. The second kappa shape index (κ2) is 3.07. The molecule has 0 bridgehead atoms. The van der Waals surface area contributed by atoms with Gasteiger partial charge in [-0.1, -0.05) is 6.07 Å². The molecule has 80 valence electrons. The van der Waals surface area contributed by atoms with E-state index in [1.165, 1.54) is 6.07 Å². The van der Waals surface area contributed by atoms with E-state index in [0.717, 1.165) is 5.56 Å². The average molecular weight is 207 g/mol. The number of hydrogen-bond donors (Lipinski definition) is 1. The highest BCUT2D eigenvalue weighted by Gasteiger charge is 2.24. The zero-order chi connectivity index (χ0) is 11.2. The monoisotopic (exact) mass is 207 g/mol. The number of furan rings is 1. The van der Waals surface area contributed by atoms with Gasteiger partial charge in [0.15, 0.2) is 0 Å². The minimum atomic E-state index is -0.588. The Hall–Kier alpha value is -1.35. The number of benzene rings is 1. The van der Waals surface area contributed by atoms with Gasteiger partial charge >= 0.3 is 0 Å². The predicted molar refractivity (Wildman–Crippen MR) is 58.1 cm³/mol. The molecule has 2 N–H and O–H groups in total. The molecule has 15 heavy (non-hydrogen) atoms. The van der Waals surface area contributed by atoms with Crippen molar-refractivity contribution in [3.8, 4) is 0 Å². The second-order valence-corrected chi connectivity index (χ2v) is 4.39. The number of aryl methyl sites for hydroxylation is 1. The Bertz CT molecular complexity index is 508. The Morgan fingerprint density at radius 1 is 1.33 bits per heavy atom. The van der Waals surface area contributed by atoms with E-state index < -0.39 is 5.54 Å². The quantitative estimate of drug-likeness (QED) is 0.780. The van der Waals surface area contributed by atoms with Gasteiger partial charge in [0, 0.05) is 5.56 Å². The summed E-state index contributed by atoms with van der Waals surface area (Å²) >= 11 is 0. The van der Waals surface area contributed by atoms with E-state index in [1.54, 1.807) is 12.1 Å². The number of fused-ring (bicyclic) bond motifs is 1. The third-order valence-corrected chi connectivity index (χ3v) is 2.49. The van der Waals surface area contributed by atoms with Crippen molar-refractivity contribution in [2.75, 3.05) is 0 Å². The van der Waals surface area contributed by atoms with Crippen molar-refractivity contribution in [3.05, 3.63) is 35.3 Å². The molecule has 0 fully saturated rings. The summed E-state index contributed by atoms with van der Waals surface area (Å²) < 4.78 is 19.1. The van der Waals surface area contributed by atoms with E-state index in [9.17, 15) is 4.39 Å². The highest BCUT2D eigenvalue weighted by molar-refractivity contribution is 5.82. The summed E-state index contributed by atoms with van der Waals surface area (Å²) in [4.78, 5) is 0. The predicted octanol–water partition coefficient (Wildman–Crippen LogP) is 3.07. The van der Waals surface area contributed by atoms with Gasteiger partial charge in [-0.05, 0) is 32.9 Å². The van der Waals surface area contributed by atoms with E-state index in [1.807, 2.05) is 20.8 Å². The molecule has 2 nitrogen and oxygen atoms in total. The molecule has 0 amide bonds. The SMILES string of the molecule is Cc1c(C(C)(C)N)oc2cccc(F)c12. The molecule has 1 heterocycles. The van der Waals surface area contributed by atoms with Crippen LogP contribution in [0.5, 0.6) is 0 Å². The lowest BCUT2D eigenvalue weighted by Crippen LogP contribution is -2.28. The van der Waals surface area contributed by atoms with Crippen LogP contribution in [0.4, 0.5) is 4.39 Å². The third kappa shape index (κ3) is 1.53. The summed E-state index contributed by atoms with van der Waals surface area (Å²) in [5, 5.41) is 0.533. The van der Waals surface area contributed by atoms with Crippen molar-refractivity contribution in [2.45, 2.75) is 26.3 Å². The van der Waals surface area contributed by atoms with Gasteiger partial charge in [-0.3, -0.25) is 0 Å². The van der Waals surface area contributed by atoms with Gasteiger partial charge < -0.3 is 10.2 Å². The van der Waals surface area contributed by atoms with Crippen LogP contribution in [0.2, 0.25) is 0 Å². The van der Waals surface area contributed by atoms with Gasteiger partial charge in [0.1, 0.15) is 17.2 Å². The van der Waals surface area contributed by atoms with E-state index in [0.29, 0.717) is 16.7 Å². The maximum atomic E-state index is 13.5. The molecule has 0 radical (unpaired) electrons. The number of rotatable bonds is 1. The van der Waals surface area contributed by atoms with Crippen LogP contribution in [-0.2, 0) is 5.54 Å². The van der Waals surface area contributed by atoms with Gasteiger partial charge in [0.2, 0.25) is 0 Å². The molecule has 2 aromatic rings. The van der Waals surface area contributed by atoms with Crippen LogP contribution < -0.4 is 5.73 Å². The Labute approximate surface area is 87.9 Å². The zero-order valence-corrected chi connectivity index (χ0v) is 9.10. The summed E-state index contributed by atoms with van der Waals surface area (Å²) in [6.45, 7) is 5.52. The molecule has 2 rings (SSSR count). The molecule has 0 spiro atoms. The molecule has 0 aliphatic rings.